The van der Waals surface area contributed by atoms with Crippen LogP contribution < -0.4 is 4.72 Å². The van der Waals surface area contributed by atoms with Crippen LogP contribution >= 0.6 is 0 Å². The van der Waals surface area contributed by atoms with Crippen molar-refractivity contribution in [3.05, 3.63) is 48.5 Å². The van der Waals surface area contributed by atoms with Crippen molar-refractivity contribution in [3.63, 3.8) is 0 Å². The van der Waals surface area contributed by atoms with Gasteiger partial charge in [-0.1, -0.05) is 18.2 Å². The van der Waals surface area contributed by atoms with Gasteiger partial charge in [-0.25, -0.2) is 18.1 Å². The molecule has 0 bridgehead atoms. The molecule has 0 saturated carbocycles. The number of hydrogen-bond acceptors (Lipinski definition) is 3. The normalized spacial score (nSPS) is 11.6. The Morgan fingerprint density at radius 1 is 1.35 bits per heavy atom. The van der Waals surface area contributed by atoms with Crippen LogP contribution in [0.4, 0.5) is 0 Å². The minimum Gasteiger partial charge on any atom is -0.306 e. The molecule has 90 valence electrons. The smallest absolute Gasteiger partial charge is 0.209 e. The molecule has 0 spiro atoms. The molecule has 1 N–H and O–H groups in total. The highest BCUT2D eigenvalue weighted by molar-refractivity contribution is 7.88. The molecule has 0 radical (unpaired) electrons. The van der Waals surface area contributed by atoms with Crippen LogP contribution in [0.3, 0.4) is 0 Å². The Hall–Kier alpha value is -1.66. The van der Waals surface area contributed by atoms with Crippen molar-refractivity contribution < 1.29 is 8.42 Å². The van der Waals surface area contributed by atoms with Gasteiger partial charge in [-0.05, 0) is 11.6 Å². The lowest BCUT2D eigenvalue weighted by Crippen LogP contribution is -2.21. The Kier molecular flexibility index (Phi) is 3.26. The van der Waals surface area contributed by atoms with E-state index in [1.807, 2.05) is 35.0 Å². The Morgan fingerprint density at radius 2 is 2.12 bits per heavy atom. The van der Waals surface area contributed by atoms with E-state index in [1.165, 1.54) is 0 Å². The molecule has 0 atom stereocenters. The minimum absolute atomic E-state index is 0.271. The van der Waals surface area contributed by atoms with Gasteiger partial charge in [0.1, 0.15) is 0 Å². The molecule has 1 aromatic carbocycles. The van der Waals surface area contributed by atoms with E-state index >= 15 is 0 Å². The van der Waals surface area contributed by atoms with Crippen molar-refractivity contribution in [1.29, 1.82) is 0 Å². The molecule has 6 heteroatoms. The molecule has 17 heavy (non-hydrogen) atoms. The summed E-state index contributed by atoms with van der Waals surface area (Å²) in [6.07, 6.45) is 6.33. The number of hydrogen-bond donors (Lipinski definition) is 1. The third kappa shape index (κ3) is 3.15. The summed E-state index contributed by atoms with van der Waals surface area (Å²) in [4.78, 5) is 3.97. The third-order valence-corrected chi connectivity index (χ3v) is 2.97. The molecule has 0 fully saturated rings. The zero-order valence-electron chi connectivity index (χ0n) is 9.37. The fourth-order valence-electron chi connectivity index (χ4n) is 1.52. The van der Waals surface area contributed by atoms with Crippen molar-refractivity contribution >= 4 is 10.0 Å². The first-order chi connectivity index (χ1) is 8.06. The average molecular weight is 251 g/mol. The van der Waals surface area contributed by atoms with Crippen LogP contribution in [-0.4, -0.2) is 24.2 Å². The van der Waals surface area contributed by atoms with Crippen LogP contribution in [-0.2, 0) is 16.6 Å². The monoisotopic (exact) mass is 251 g/mol. The molecule has 0 amide bonds. The summed E-state index contributed by atoms with van der Waals surface area (Å²) in [7, 11) is -3.18. The van der Waals surface area contributed by atoms with E-state index in [9.17, 15) is 8.42 Å². The second-order valence-electron chi connectivity index (χ2n) is 3.69. The van der Waals surface area contributed by atoms with Crippen molar-refractivity contribution in [2.45, 2.75) is 6.54 Å². The molecule has 0 aliphatic rings. The average Bonchev–Trinajstić information content (AvgIpc) is 2.79. The fourth-order valence-corrected chi connectivity index (χ4v) is 1.94. The lowest BCUT2D eigenvalue weighted by molar-refractivity contribution is 0.587. The molecular formula is C11H13N3O2S. The molecule has 2 rings (SSSR count). The summed E-state index contributed by atoms with van der Waals surface area (Å²) in [5.74, 6) is 0. The molecule has 0 unspecified atom stereocenters. The predicted octanol–water partition coefficient (Wildman–Crippen LogP) is 0.921. The summed E-state index contributed by atoms with van der Waals surface area (Å²) in [5.41, 5.74) is 1.82. The van der Waals surface area contributed by atoms with Gasteiger partial charge >= 0.3 is 0 Å². The molecule has 0 aliphatic carbocycles. The SMILES string of the molecule is CS(=O)(=O)NCc1ccccc1-n1ccnc1. The first-order valence-corrected chi connectivity index (χ1v) is 6.96. The molecule has 1 aromatic heterocycles. The number of imidazole rings is 1. The van der Waals surface area contributed by atoms with Crippen molar-refractivity contribution in [2.24, 2.45) is 0 Å². The van der Waals surface area contributed by atoms with Crippen LogP contribution in [0.1, 0.15) is 5.56 Å². The van der Waals surface area contributed by atoms with Gasteiger partial charge in [-0.2, -0.15) is 0 Å². The second kappa shape index (κ2) is 4.68. The Labute approximate surface area is 100 Å². The van der Waals surface area contributed by atoms with Gasteiger partial charge in [-0.15, -0.1) is 0 Å². The van der Waals surface area contributed by atoms with Gasteiger partial charge in [-0.3, -0.25) is 0 Å². The van der Waals surface area contributed by atoms with Crippen molar-refractivity contribution in [1.82, 2.24) is 14.3 Å². The summed E-state index contributed by atoms with van der Waals surface area (Å²) >= 11 is 0. The van der Waals surface area contributed by atoms with Crippen LogP contribution in [0.25, 0.3) is 5.69 Å². The number of sulfonamides is 1. The second-order valence-corrected chi connectivity index (χ2v) is 5.52. The number of benzene rings is 1. The van der Waals surface area contributed by atoms with Crippen LogP contribution in [0.5, 0.6) is 0 Å². The highest BCUT2D eigenvalue weighted by atomic mass is 32.2. The molecule has 0 aliphatic heterocycles. The lowest BCUT2D eigenvalue weighted by Gasteiger charge is -2.10. The standard InChI is InChI=1S/C11H13N3O2S/c1-17(15,16)13-8-10-4-2-3-5-11(10)14-7-6-12-9-14/h2-7,9,13H,8H2,1H3. The Morgan fingerprint density at radius 3 is 2.76 bits per heavy atom. The molecular weight excluding hydrogens is 238 g/mol. The minimum atomic E-state index is -3.18. The summed E-state index contributed by atoms with van der Waals surface area (Å²) in [6, 6.07) is 7.58. The van der Waals surface area contributed by atoms with Gasteiger partial charge in [0.05, 0.1) is 18.3 Å². The fraction of sp³-hybridized carbons (Fsp3) is 0.182. The summed E-state index contributed by atoms with van der Waals surface area (Å²) in [6.45, 7) is 0.271. The zero-order valence-corrected chi connectivity index (χ0v) is 10.2. The highest BCUT2D eigenvalue weighted by Gasteiger charge is 2.06. The van der Waals surface area contributed by atoms with Crippen molar-refractivity contribution in [2.75, 3.05) is 6.26 Å². The first-order valence-electron chi connectivity index (χ1n) is 5.07. The quantitative estimate of drug-likeness (QED) is 0.879. The van der Waals surface area contributed by atoms with Gasteiger partial charge in [0, 0.05) is 18.9 Å². The molecule has 1 heterocycles. The summed E-state index contributed by atoms with van der Waals surface area (Å²) in [5, 5.41) is 0. The Bertz CT molecular complexity index is 591. The molecule has 2 aromatic rings. The zero-order chi connectivity index (χ0) is 12.3. The van der Waals surface area contributed by atoms with Crippen LogP contribution in [0, 0.1) is 0 Å². The largest absolute Gasteiger partial charge is 0.306 e. The number of nitrogens with zero attached hydrogens (tertiary/aromatic N) is 2. The lowest BCUT2D eigenvalue weighted by atomic mass is 10.2. The third-order valence-electron chi connectivity index (χ3n) is 2.30. The molecule has 0 saturated heterocycles. The maximum Gasteiger partial charge on any atom is 0.209 e. The van der Waals surface area contributed by atoms with Crippen molar-refractivity contribution in [3.8, 4) is 5.69 Å². The van der Waals surface area contributed by atoms with E-state index in [2.05, 4.69) is 9.71 Å². The number of para-hydroxylation sites is 1. The topological polar surface area (TPSA) is 64.0 Å². The van der Waals surface area contributed by atoms with Gasteiger partial charge < -0.3 is 4.57 Å². The van der Waals surface area contributed by atoms with Crippen LogP contribution in [0.15, 0.2) is 43.0 Å². The van der Waals surface area contributed by atoms with Crippen LogP contribution in [0.2, 0.25) is 0 Å². The number of aromatic nitrogens is 2. The maximum atomic E-state index is 11.1. The van der Waals surface area contributed by atoms with Gasteiger partial charge in [0.25, 0.3) is 0 Å². The number of nitrogens with one attached hydrogen (secondary N) is 1. The summed E-state index contributed by atoms with van der Waals surface area (Å²) < 4.78 is 26.5. The van der Waals surface area contributed by atoms with E-state index in [0.29, 0.717) is 0 Å². The molecule has 5 nitrogen and oxygen atoms in total. The maximum absolute atomic E-state index is 11.1. The van der Waals surface area contributed by atoms with Gasteiger partial charge in [0.2, 0.25) is 10.0 Å². The number of rotatable bonds is 4. The van der Waals surface area contributed by atoms with E-state index < -0.39 is 10.0 Å². The van der Waals surface area contributed by atoms with E-state index in [4.69, 9.17) is 0 Å². The van der Waals surface area contributed by atoms with Gasteiger partial charge in [0.15, 0.2) is 0 Å². The first kappa shape index (κ1) is 11.8. The van der Waals surface area contributed by atoms with E-state index in [1.54, 1.807) is 12.5 Å². The predicted molar refractivity (Wildman–Crippen MR) is 65.2 cm³/mol. The Balaban J connectivity index is 2.29. The highest BCUT2D eigenvalue weighted by Crippen LogP contribution is 2.13. The van der Waals surface area contributed by atoms with E-state index in [0.717, 1.165) is 17.5 Å². The van der Waals surface area contributed by atoms with E-state index in [-0.39, 0.29) is 6.54 Å².